The predicted octanol–water partition coefficient (Wildman–Crippen LogP) is 1.95. The van der Waals surface area contributed by atoms with Gasteiger partial charge in [-0.05, 0) is 38.5 Å². The summed E-state index contributed by atoms with van der Waals surface area (Å²) in [5.41, 5.74) is 2.45. The zero-order chi connectivity index (χ0) is 21.8. The lowest BCUT2D eigenvalue weighted by Crippen LogP contribution is -2.49. The van der Waals surface area contributed by atoms with E-state index in [0.717, 1.165) is 5.82 Å². The van der Waals surface area contributed by atoms with Gasteiger partial charge in [0.1, 0.15) is 11.5 Å². The van der Waals surface area contributed by atoms with E-state index >= 15 is 0 Å². The number of carbonyl (C=O) groups excluding carboxylic acids is 3. The summed E-state index contributed by atoms with van der Waals surface area (Å²) in [5.74, 6) is -0.247. The highest BCUT2D eigenvalue weighted by atomic mass is 16.5. The Morgan fingerprint density at radius 1 is 1.10 bits per heavy atom. The molecule has 2 aromatic rings. The second-order valence-electron chi connectivity index (χ2n) is 7.02. The highest BCUT2D eigenvalue weighted by molar-refractivity contribution is 6.00. The standard InChI is InChI=1S/C21H26N4O5/c1-5-30-20(27)15-6-7-16(22-12-15)24-8-10-25(11-9-24)19(26)18-13(2)17(14(3)23-18)21(28)29-4/h6-7,12,23H,5,8-11H2,1-4H3. The first-order chi connectivity index (χ1) is 14.4. The summed E-state index contributed by atoms with van der Waals surface area (Å²) >= 11 is 0. The van der Waals surface area contributed by atoms with Gasteiger partial charge in [-0.25, -0.2) is 14.6 Å². The Balaban J connectivity index is 1.65. The number of ether oxygens (including phenoxy) is 2. The average Bonchev–Trinajstić information content (AvgIpc) is 3.07. The van der Waals surface area contributed by atoms with Crippen molar-refractivity contribution in [1.82, 2.24) is 14.9 Å². The van der Waals surface area contributed by atoms with Crippen LogP contribution in [-0.2, 0) is 9.47 Å². The molecular formula is C21H26N4O5. The minimum absolute atomic E-state index is 0.143. The summed E-state index contributed by atoms with van der Waals surface area (Å²) in [6, 6.07) is 3.47. The molecular weight excluding hydrogens is 388 g/mol. The van der Waals surface area contributed by atoms with Gasteiger partial charge >= 0.3 is 11.9 Å². The maximum Gasteiger partial charge on any atom is 0.339 e. The second-order valence-corrected chi connectivity index (χ2v) is 7.02. The fourth-order valence-electron chi connectivity index (χ4n) is 3.58. The summed E-state index contributed by atoms with van der Waals surface area (Å²) in [6.45, 7) is 7.83. The first kappa shape index (κ1) is 21.4. The van der Waals surface area contributed by atoms with Crippen LogP contribution in [0.15, 0.2) is 18.3 Å². The smallest absolute Gasteiger partial charge is 0.339 e. The van der Waals surface area contributed by atoms with E-state index in [1.807, 2.05) is 0 Å². The van der Waals surface area contributed by atoms with Crippen LogP contribution in [0.2, 0.25) is 0 Å². The molecule has 1 aliphatic rings. The number of anilines is 1. The predicted molar refractivity (Wildman–Crippen MR) is 110 cm³/mol. The average molecular weight is 414 g/mol. The summed E-state index contributed by atoms with van der Waals surface area (Å²) in [5, 5.41) is 0. The summed E-state index contributed by atoms with van der Waals surface area (Å²) in [6.07, 6.45) is 1.50. The third-order valence-electron chi connectivity index (χ3n) is 5.19. The Morgan fingerprint density at radius 3 is 2.37 bits per heavy atom. The molecule has 3 heterocycles. The molecule has 3 rings (SSSR count). The van der Waals surface area contributed by atoms with Crippen molar-refractivity contribution >= 4 is 23.7 Å². The van der Waals surface area contributed by atoms with Crippen LogP contribution < -0.4 is 4.90 Å². The molecule has 0 spiro atoms. The quantitative estimate of drug-likeness (QED) is 0.746. The molecule has 0 saturated carbocycles. The lowest BCUT2D eigenvalue weighted by Gasteiger charge is -2.35. The van der Waals surface area contributed by atoms with Crippen LogP contribution in [0.4, 0.5) is 5.82 Å². The molecule has 1 aliphatic heterocycles. The number of esters is 2. The largest absolute Gasteiger partial charge is 0.465 e. The van der Waals surface area contributed by atoms with E-state index in [0.29, 0.717) is 60.9 Å². The molecule has 160 valence electrons. The normalized spacial score (nSPS) is 13.9. The van der Waals surface area contributed by atoms with Crippen LogP contribution in [0.5, 0.6) is 0 Å². The number of H-pyrrole nitrogens is 1. The highest BCUT2D eigenvalue weighted by Gasteiger charge is 2.28. The Morgan fingerprint density at radius 2 is 1.80 bits per heavy atom. The van der Waals surface area contributed by atoms with Gasteiger partial charge in [0, 0.05) is 38.1 Å². The monoisotopic (exact) mass is 414 g/mol. The van der Waals surface area contributed by atoms with Crippen LogP contribution in [0, 0.1) is 13.8 Å². The number of amides is 1. The van der Waals surface area contributed by atoms with Gasteiger partial charge in [-0.3, -0.25) is 4.79 Å². The molecule has 0 aliphatic carbocycles. The Labute approximate surface area is 175 Å². The number of carbonyl (C=O) groups is 3. The van der Waals surface area contributed by atoms with Gasteiger partial charge in [0.15, 0.2) is 0 Å². The highest BCUT2D eigenvalue weighted by Crippen LogP contribution is 2.22. The fraction of sp³-hybridized carbons (Fsp3) is 0.429. The molecule has 0 bridgehead atoms. The van der Waals surface area contributed by atoms with Gasteiger partial charge in [0.25, 0.3) is 5.91 Å². The Bertz CT molecular complexity index is 943. The van der Waals surface area contributed by atoms with Crippen molar-refractivity contribution in [1.29, 1.82) is 0 Å². The van der Waals surface area contributed by atoms with E-state index in [4.69, 9.17) is 9.47 Å². The number of aromatic amines is 1. The van der Waals surface area contributed by atoms with Crippen LogP contribution in [0.3, 0.4) is 0 Å². The van der Waals surface area contributed by atoms with Crippen LogP contribution >= 0.6 is 0 Å². The van der Waals surface area contributed by atoms with Gasteiger partial charge in [-0.1, -0.05) is 0 Å². The summed E-state index contributed by atoms with van der Waals surface area (Å²) in [4.78, 5) is 47.9. The van der Waals surface area contributed by atoms with E-state index in [1.54, 1.807) is 37.8 Å². The van der Waals surface area contributed by atoms with E-state index in [2.05, 4.69) is 14.9 Å². The van der Waals surface area contributed by atoms with Gasteiger partial charge < -0.3 is 24.3 Å². The molecule has 1 amide bonds. The molecule has 1 fully saturated rings. The molecule has 9 nitrogen and oxygen atoms in total. The fourth-order valence-corrected chi connectivity index (χ4v) is 3.58. The van der Waals surface area contributed by atoms with Crippen molar-refractivity contribution in [3.8, 4) is 0 Å². The number of rotatable bonds is 5. The molecule has 0 atom stereocenters. The van der Waals surface area contributed by atoms with Gasteiger partial charge in [-0.15, -0.1) is 0 Å². The third kappa shape index (κ3) is 4.14. The molecule has 9 heteroatoms. The molecule has 2 aromatic heterocycles. The lowest BCUT2D eigenvalue weighted by molar-refractivity contribution is 0.0524. The number of aromatic nitrogens is 2. The molecule has 1 saturated heterocycles. The molecule has 0 aromatic carbocycles. The second kappa shape index (κ2) is 8.98. The summed E-state index contributed by atoms with van der Waals surface area (Å²) in [7, 11) is 1.32. The molecule has 1 N–H and O–H groups in total. The number of aryl methyl sites for hydroxylation is 1. The SMILES string of the molecule is CCOC(=O)c1ccc(N2CCN(C(=O)c3[nH]c(C)c(C(=O)OC)c3C)CC2)nc1. The zero-order valence-electron chi connectivity index (χ0n) is 17.7. The van der Waals surface area contributed by atoms with Crippen LogP contribution in [0.1, 0.15) is 49.4 Å². The van der Waals surface area contributed by atoms with E-state index in [9.17, 15) is 14.4 Å². The van der Waals surface area contributed by atoms with Crippen molar-refractivity contribution in [2.75, 3.05) is 44.8 Å². The van der Waals surface area contributed by atoms with Crippen molar-refractivity contribution in [3.63, 3.8) is 0 Å². The first-order valence-electron chi connectivity index (χ1n) is 9.82. The lowest BCUT2D eigenvalue weighted by atomic mass is 10.1. The van der Waals surface area contributed by atoms with Crippen LogP contribution in [0.25, 0.3) is 0 Å². The van der Waals surface area contributed by atoms with Crippen LogP contribution in [-0.4, -0.2) is 72.6 Å². The minimum Gasteiger partial charge on any atom is -0.465 e. The molecule has 0 unspecified atom stereocenters. The van der Waals surface area contributed by atoms with Crippen molar-refractivity contribution in [3.05, 3.63) is 46.4 Å². The van der Waals surface area contributed by atoms with Gasteiger partial charge in [0.05, 0.1) is 24.8 Å². The molecule has 30 heavy (non-hydrogen) atoms. The number of piperazine rings is 1. The number of nitrogens with one attached hydrogen (secondary N) is 1. The van der Waals surface area contributed by atoms with Crippen molar-refractivity contribution < 1.29 is 23.9 Å². The maximum absolute atomic E-state index is 13.0. The van der Waals surface area contributed by atoms with Crippen molar-refractivity contribution in [2.45, 2.75) is 20.8 Å². The van der Waals surface area contributed by atoms with Gasteiger partial charge in [0.2, 0.25) is 0 Å². The molecule has 0 radical (unpaired) electrons. The van der Waals surface area contributed by atoms with Gasteiger partial charge in [-0.2, -0.15) is 0 Å². The van der Waals surface area contributed by atoms with E-state index < -0.39 is 11.9 Å². The first-order valence-corrected chi connectivity index (χ1v) is 9.82. The summed E-state index contributed by atoms with van der Waals surface area (Å²) < 4.78 is 9.78. The Hall–Kier alpha value is -3.36. The number of pyridine rings is 1. The zero-order valence-corrected chi connectivity index (χ0v) is 17.7. The Kier molecular flexibility index (Phi) is 6.39. The van der Waals surface area contributed by atoms with E-state index in [1.165, 1.54) is 13.3 Å². The topological polar surface area (TPSA) is 105 Å². The van der Waals surface area contributed by atoms with Crippen molar-refractivity contribution in [2.24, 2.45) is 0 Å². The number of hydrogen-bond acceptors (Lipinski definition) is 7. The third-order valence-corrected chi connectivity index (χ3v) is 5.19. The minimum atomic E-state index is -0.456. The number of methoxy groups -OCH3 is 1. The maximum atomic E-state index is 13.0. The number of nitrogens with zero attached hydrogens (tertiary/aromatic N) is 3. The van der Waals surface area contributed by atoms with E-state index in [-0.39, 0.29) is 5.91 Å². The number of hydrogen-bond donors (Lipinski definition) is 1.